The fourth-order valence-corrected chi connectivity index (χ4v) is 1.92. The second kappa shape index (κ2) is 5.96. The van der Waals surface area contributed by atoms with Crippen molar-refractivity contribution in [1.29, 1.82) is 0 Å². The van der Waals surface area contributed by atoms with Gasteiger partial charge in [0.2, 0.25) is 11.7 Å². The zero-order valence-corrected chi connectivity index (χ0v) is 12.2. The highest BCUT2D eigenvalue weighted by Gasteiger charge is 2.21. The largest absolute Gasteiger partial charge is 0.496 e. The Morgan fingerprint density at radius 3 is 2.85 bits per heavy atom. The Kier molecular flexibility index (Phi) is 4.29. The molecule has 1 heterocycles. The van der Waals surface area contributed by atoms with E-state index >= 15 is 0 Å². The Bertz CT molecular complexity index is 636. The van der Waals surface area contributed by atoms with Gasteiger partial charge in [-0.2, -0.15) is 0 Å². The number of rotatable bonds is 4. The Balaban J connectivity index is 2.47. The quantitative estimate of drug-likeness (QED) is 0.808. The van der Waals surface area contributed by atoms with E-state index in [0.717, 1.165) is 0 Å². The summed E-state index contributed by atoms with van der Waals surface area (Å²) in [6.07, 6.45) is 0. The summed E-state index contributed by atoms with van der Waals surface area (Å²) < 4.78 is 15.6. The lowest BCUT2D eigenvalue weighted by Crippen LogP contribution is -2.04. The minimum Gasteiger partial charge on any atom is -0.496 e. The molecule has 5 nitrogen and oxygen atoms in total. The first-order valence-corrected chi connectivity index (χ1v) is 6.43. The summed E-state index contributed by atoms with van der Waals surface area (Å²) in [6, 6.07) is 5.08. The second-order valence-electron chi connectivity index (χ2n) is 4.00. The summed E-state index contributed by atoms with van der Waals surface area (Å²) in [5.74, 6) is 0.379. The van der Waals surface area contributed by atoms with Gasteiger partial charge in [-0.25, -0.2) is 9.78 Å². The van der Waals surface area contributed by atoms with Crippen molar-refractivity contribution in [3.63, 3.8) is 0 Å². The normalized spacial score (nSPS) is 10.4. The van der Waals surface area contributed by atoms with Gasteiger partial charge in [-0.3, -0.25) is 0 Å². The number of ether oxygens (including phenoxy) is 2. The molecule has 0 bridgehead atoms. The molecule has 0 radical (unpaired) electrons. The maximum atomic E-state index is 11.7. The van der Waals surface area contributed by atoms with E-state index in [-0.39, 0.29) is 18.3 Å². The van der Waals surface area contributed by atoms with Crippen LogP contribution in [0.5, 0.6) is 5.75 Å². The van der Waals surface area contributed by atoms with Gasteiger partial charge < -0.3 is 13.9 Å². The van der Waals surface area contributed by atoms with Gasteiger partial charge in [0.1, 0.15) is 5.75 Å². The first kappa shape index (κ1) is 14.4. The molecule has 2 rings (SSSR count). The highest BCUT2D eigenvalue weighted by atomic mass is 35.5. The van der Waals surface area contributed by atoms with Crippen LogP contribution in [0.1, 0.15) is 23.2 Å². The number of benzene rings is 1. The van der Waals surface area contributed by atoms with Crippen molar-refractivity contribution in [2.45, 2.75) is 13.8 Å². The van der Waals surface area contributed by atoms with E-state index in [2.05, 4.69) is 4.98 Å². The third-order valence-electron chi connectivity index (χ3n) is 2.65. The molecule has 106 valence electrons. The average molecular weight is 296 g/mol. The highest BCUT2D eigenvalue weighted by Crippen LogP contribution is 2.33. The van der Waals surface area contributed by atoms with Crippen LogP contribution < -0.4 is 4.74 Å². The van der Waals surface area contributed by atoms with Crippen LogP contribution in [0.4, 0.5) is 0 Å². The number of nitrogens with zero attached hydrogens (tertiary/aromatic N) is 1. The van der Waals surface area contributed by atoms with Gasteiger partial charge in [-0.1, -0.05) is 11.6 Å². The molecule has 0 fully saturated rings. The van der Waals surface area contributed by atoms with Crippen LogP contribution in [0.15, 0.2) is 22.6 Å². The third-order valence-corrected chi connectivity index (χ3v) is 2.88. The zero-order valence-electron chi connectivity index (χ0n) is 11.4. The lowest BCUT2D eigenvalue weighted by atomic mass is 10.2. The Hall–Kier alpha value is -2.01. The second-order valence-corrected chi connectivity index (χ2v) is 4.44. The lowest BCUT2D eigenvalue weighted by molar-refractivity contribution is 0.0490. The summed E-state index contributed by atoms with van der Waals surface area (Å²) in [5.41, 5.74) is 1.04. The number of halogens is 1. The number of aryl methyl sites for hydroxylation is 1. The van der Waals surface area contributed by atoms with Crippen molar-refractivity contribution in [1.82, 2.24) is 4.98 Å². The first-order valence-electron chi connectivity index (χ1n) is 6.05. The van der Waals surface area contributed by atoms with Gasteiger partial charge in [0.05, 0.1) is 25.0 Å². The standard InChI is InChI=1S/C14H14ClNO4/c1-4-19-14(17)12-8(2)16-13(20-12)10-7-9(15)5-6-11(10)18-3/h5-7H,4H2,1-3H3. The van der Waals surface area contributed by atoms with Crippen LogP contribution in [0.25, 0.3) is 11.5 Å². The number of carbonyl (C=O) groups is 1. The molecular weight excluding hydrogens is 282 g/mol. The van der Waals surface area contributed by atoms with Gasteiger partial charge in [0.25, 0.3) is 0 Å². The molecule has 0 aliphatic carbocycles. The van der Waals surface area contributed by atoms with E-state index in [1.807, 2.05) is 0 Å². The minimum atomic E-state index is -0.537. The van der Waals surface area contributed by atoms with E-state index in [4.69, 9.17) is 25.5 Å². The average Bonchev–Trinajstić information content (AvgIpc) is 2.81. The van der Waals surface area contributed by atoms with Crippen LogP contribution in [-0.4, -0.2) is 24.7 Å². The van der Waals surface area contributed by atoms with Gasteiger partial charge in [0.15, 0.2) is 0 Å². The molecule has 1 aromatic heterocycles. The maximum Gasteiger partial charge on any atom is 0.376 e. The third kappa shape index (κ3) is 2.77. The van der Waals surface area contributed by atoms with E-state index in [0.29, 0.717) is 22.0 Å². The lowest BCUT2D eigenvalue weighted by Gasteiger charge is -2.05. The Morgan fingerprint density at radius 2 is 2.20 bits per heavy atom. The molecule has 20 heavy (non-hydrogen) atoms. The molecule has 0 atom stereocenters. The molecule has 1 aromatic carbocycles. The molecule has 0 saturated heterocycles. The molecular formula is C14H14ClNO4. The Labute approximate surface area is 121 Å². The minimum absolute atomic E-state index is 0.0869. The van der Waals surface area contributed by atoms with Crippen molar-refractivity contribution in [3.8, 4) is 17.2 Å². The predicted octanol–water partition coefficient (Wildman–Crippen LogP) is 3.49. The fourth-order valence-electron chi connectivity index (χ4n) is 1.74. The topological polar surface area (TPSA) is 61.6 Å². The van der Waals surface area contributed by atoms with Crippen molar-refractivity contribution in [2.24, 2.45) is 0 Å². The van der Waals surface area contributed by atoms with E-state index in [9.17, 15) is 4.79 Å². The van der Waals surface area contributed by atoms with Crippen molar-refractivity contribution in [3.05, 3.63) is 34.7 Å². The number of methoxy groups -OCH3 is 1. The number of esters is 1. The molecule has 0 N–H and O–H groups in total. The van der Waals surface area contributed by atoms with Gasteiger partial charge in [-0.05, 0) is 32.0 Å². The summed E-state index contributed by atoms with van der Waals surface area (Å²) >= 11 is 5.97. The maximum absolute atomic E-state index is 11.7. The highest BCUT2D eigenvalue weighted by molar-refractivity contribution is 6.30. The number of aromatic nitrogens is 1. The fraction of sp³-hybridized carbons (Fsp3) is 0.286. The predicted molar refractivity (Wildman–Crippen MR) is 74.2 cm³/mol. The van der Waals surface area contributed by atoms with Crippen LogP contribution in [0.2, 0.25) is 5.02 Å². The first-order chi connectivity index (χ1) is 9.56. The molecule has 0 amide bonds. The van der Waals surface area contributed by atoms with Crippen LogP contribution in [0.3, 0.4) is 0 Å². The summed E-state index contributed by atoms with van der Waals surface area (Å²) in [4.78, 5) is 15.9. The number of oxazole rings is 1. The van der Waals surface area contributed by atoms with Crippen LogP contribution in [0, 0.1) is 6.92 Å². The zero-order chi connectivity index (χ0) is 14.7. The number of carbonyl (C=O) groups excluding carboxylic acids is 1. The molecule has 0 aliphatic heterocycles. The Morgan fingerprint density at radius 1 is 1.45 bits per heavy atom. The van der Waals surface area contributed by atoms with Gasteiger partial charge in [-0.15, -0.1) is 0 Å². The van der Waals surface area contributed by atoms with E-state index in [1.165, 1.54) is 7.11 Å². The molecule has 0 aliphatic rings. The molecule has 2 aromatic rings. The molecule has 0 unspecified atom stereocenters. The summed E-state index contributed by atoms with van der Waals surface area (Å²) in [7, 11) is 1.54. The monoisotopic (exact) mass is 295 g/mol. The van der Waals surface area contributed by atoms with Gasteiger partial charge in [0, 0.05) is 5.02 Å². The summed E-state index contributed by atoms with van der Waals surface area (Å²) in [5, 5.41) is 0.523. The molecule has 0 saturated carbocycles. The van der Waals surface area contributed by atoms with Crippen molar-refractivity contribution < 1.29 is 18.7 Å². The number of hydrogen-bond donors (Lipinski definition) is 0. The van der Waals surface area contributed by atoms with Crippen LogP contribution in [-0.2, 0) is 4.74 Å². The smallest absolute Gasteiger partial charge is 0.376 e. The van der Waals surface area contributed by atoms with Gasteiger partial charge >= 0.3 is 5.97 Å². The van der Waals surface area contributed by atoms with E-state index in [1.54, 1.807) is 32.0 Å². The summed E-state index contributed by atoms with van der Waals surface area (Å²) in [6.45, 7) is 3.68. The molecule has 6 heteroatoms. The number of hydrogen-bond acceptors (Lipinski definition) is 5. The van der Waals surface area contributed by atoms with Crippen molar-refractivity contribution >= 4 is 17.6 Å². The molecule has 0 spiro atoms. The van der Waals surface area contributed by atoms with E-state index < -0.39 is 5.97 Å². The van der Waals surface area contributed by atoms with Crippen molar-refractivity contribution in [2.75, 3.05) is 13.7 Å². The SMILES string of the molecule is CCOC(=O)c1oc(-c2cc(Cl)ccc2OC)nc1C. The van der Waals surface area contributed by atoms with Crippen LogP contribution >= 0.6 is 11.6 Å².